The van der Waals surface area contributed by atoms with E-state index in [0.29, 0.717) is 5.69 Å². The lowest BCUT2D eigenvalue weighted by Crippen LogP contribution is -2.23. The third kappa shape index (κ3) is 4.96. The van der Waals surface area contributed by atoms with E-state index in [1.807, 2.05) is 32.9 Å². The molecule has 0 aliphatic heterocycles. The number of hydrogen-bond donors (Lipinski definition) is 1. The Hall–Kier alpha value is -2.71. The molecule has 28 heavy (non-hydrogen) atoms. The van der Waals surface area contributed by atoms with Gasteiger partial charge in [0.2, 0.25) is 10.0 Å². The molecular weight excluding hydrogens is 380 g/mol. The van der Waals surface area contributed by atoms with E-state index in [4.69, 9.17) is 4.74 Å². The summed E-state index contributed by atoms with van der Waals surface area (Å²) in [5.41, 5.74) is 3.66. The molecule has 0 aromatic heterocycles. The highest BCUT2D eigenvalue weighted by Crippen LogP contribution is 2.22. The fourth-order valence-corrected chi connectivity index (χ4v) is 3.71. The summed E-state index contributed by atoms with van der Waals surface area (Å²) in [5.74, 6) is -1.25. The minimum atomic E-state index is -3.67. The summed E-state index contributed by atoms with van der Waals surface area (Å²) in [6, 6.07) is 9.40. The second kappa shape index (κ2) is 8.53. The van der Waals surface area contributed by atoms with E-state index in [9.17, 15) is 18.0 Å². The monoisotopic (exact) mass is 404 g/mol. The maximum absolute atomic E-state index is 12.2. The first-order chi connectivity index (χ1) is 13.0. The van der Waals surface area contributed by atoms with Crippen LogP contribution in [0, 0.1) is 20.8 Å². The molecule has 0 heterocycles. The number of hydrogen-bond acceptors (Lipinski definition) is 5. The van der Waals surface area contributed by atoms with Gasteiger partial charge in [0.1, 0.15) is 0 Å². The van der Waals surface area contributed by atoms with Gasteiger partial charge >= 0.3 is 5.97 Å². The number of sulfonamides is 1. The van der Waals surface area contributed by atoms with Crippen LogP contribution in [0.5, 0.6) is 0 Å². The van der Waals surface area contributed by atoms with Crippen LogP contribution in [0.1, 0.15) is 27.0 Å². The molecule has 0 unspecified atom stereocenters. The molecular formula is C20H24N2O5S. The molecule has 7 nitrogen and oxygen atoms in total. The van der Waals surface area contributed by atoms with Gasteiger partial charge in [-0.2, -0.15) is 0 Å². The van der Waals surface area contributed by atoms with Crippen LogP contribution in [0.25, 0.3) is 0 Å². The van der Waals surface area contributed by atoms with Gasteiger partial charge < -0.3 is 10.1 Å². The maximum Gasteiger partial charge on any atom is 0.338 e. The van der Waals surface area contributed by atoms with E-state index in [0.717, 1.165) is 21.0 Å². The van der Waals surface area contributed by atoms with Crippen molar-refractivity contribution in [3.63, 3.8) is 0 Å². The number of carbonyl (C=O) groups excluding carboxylic acids is 2. The number of rotatable bonds is 6. The molecule has 0 aliphatic carbocycles. The average molecular weight is 404 g/mol. The Balaban J connectivity index is 2.06. The molecule has 0 atom stereocenters. The van der Waals surface area contributed by atoms with Crippen LogP contribution >= 0.6 is 0 Å². The molecule has 1 amide bonds. The molecule has 0 spiro atoms. The van der Waals surface area contributed by atoms with Crippen LogP contribution in [0.15, 0.2) is 41.3 Å². The average Bonchev–Trinajstić information content (AvgIpc) is 2.62. The van der Waals surface area contributed by atoms with E-state index in [1.165, 1.54) is 38.4 Å². The van der Waals surface area contributed by atoms with Gasteiger partial charge in [-0.3, -0.25) is 4.79 Å². The number of nitrogens with one attached hydrogen (secondary N) is 1. The van der Waals surface area contributed by atoms with Gasteiger partial charge in [0.25, 0.3) is 5.91 Å². The molecule has 0 aliphatic rings. The second-order valence-corrected chi connectivity index (χ2v) is 8.87. The summed E-state index contributed by atoms with van der Waals surface area (Å²) >= 11 is 0. The Morgan fingerprint density at radius 2 is 1.64 bits per heavy atom. The smallest absolute Gasteiger partial charge is 0.338 e. The van der Waals surface area contributed by atoms with Crippen molar-refractivity contribution in [2.75, 3.05) is 26.0 Å². The molecule has 0 bridgehead atoms. The zero-order valence-electron chi connectivity index (χ0n) is 16.6. The van der Waals surface area contributed by atoms with Gasteiger partial charge in [-0.25, -0.2) is 17.5 Å². The Bertz CT molecular complexity index is 990. The largest absolute Gasteiger partial charge is 0.452 e. The fraction of sp³-hybridized carbons (Fsp3) is 0.300. The number of amides is 1. The summed E-state index contributed by atoms with van der Waals surface area (Å²) in [6.07, 6.45) is 0. The minimum Gasteiger partial charge on any atom is -0.452 e. The Morgan fingerprint density at radius 1 is 1.04 bits per heavy atom. The second-order valence-electron chi connectivity index (χ2n) is 6.71. The van der Waals surface area contributed by atoms with Crippen molar-refractivity contribution >= 4 is 27.6 Å². The van der Waals surface area contributed by atoms with Gasteiger partial charge in [-0.1, -0.05) is 23.8 Å². The summed E-state index contributed by atoms with van der Waals surface area (Å²) in [4.78, 5) is 24.4. The highest BCUT2D eigenvalue weighted by molar-refractivity contribution is 7.89. The number of esters is 1. The lowest BCUT2D eigenvalue weighted by atomic mass is 10.1. The first-order valence-electron chi connectivity index (χ1n) is 8.60. The number of carbonyl (C=O) groups is 2. The standard InChI is InChI=1S/C20H24N2O5S/c1-13-9-14(2)19(15(3)10-13)21-18(23)12-27-20(24)16-7-6-8-17(11-16)28(25,26)22(4)5/h6-11H,12H2,1-5H3,(H,21,23). The van der Waals surface area contributed by atoms with E-state index < -0.39 is 28.5 Å². The number of anilines is 1. The van der Waals surface area contributed by atoms with Gasteiger partial charge in [-0.15, -0.1) is 0 Å². The third-order valence-corrected chi connectivity index (χ3v) is 5.94. The molecule has 150 valence electrons. The SMILES string of the molecule is Cc1cc(C)c(NC(=O)COC(=O)c2cccc(S(=O)(=O)N(C)C)c2)c(C)c1. The van der Waals surface area contributed by atoms with Crippen LogP contribution < -0.4 is 5.32 Å². The van der Waals surface area contributed by atoms with Gasteiger partial charge in [0.05, 0.1) is 10.5 Å². The van der Waals surface area contributed by atoms with E-state index in [2.05, 4.69) is 5.32 Å². The summed E-state index contributed by atoms with van der Waals surface area (Å²) in [6.45, 7) is 5.27. The zero-order chi connectivity index (χ0) is 21.1. The van der Waals surface area contributed by atoms with E-state index in [1.54, 1.807) is 0 Å². The normalized spacial score (nSPS) is 11.4. The molecule has 0 fully saturated rings. The fourth-order valence-electron chi connectivity index (χ4n) is 2.76. The topological polar surface area (TPSA) is 92.8 Å². The number of ether oxygens (including phenoxy) is 1. The van der Waals surface area contributed by atoms with Crippen molar-refractivity contribution in [1.82, 2.24) is 4.31 Å². The van der Waals surface area contributed by atoms with Crippen LogP contribution in [-0.4, -0.2) is 45.3 Å². The van der Waals surface area contributed by atoms with E-state index in [-0.39, 0.29) is 10.5 Å². The van der Waals surface area contributed by atoms with Crippen LogP contribution in [0.4, 0.5) is 5.69 Å². The summed E-state index contributed by atoms with van der Waals surface area (Å²) < 4.78 is 30.4. The summed E-state index contributed by atoms with van der Waals surface area (Å²) in [7, 11) is -0.867. The molecule has 2 aromatic carbocycles. The quantitative estimate of drug-likeness (QED) is 0.747. The number of nitrogens with zero attached hydrogens (tertiary/aromatic N) is 1. The van der Waals surface area contributed by atoms with Crippen LogP contribution in [0.2, 0.25) is 0 Å². The highest BCUT2D eigenvalue weighted by atomic mass is 32.2. The predicted molar refractivity (Wildman–Crippen MR) is 107 cm³/mol. The molecule has 2 rings (SSSR count). The maximum atomic E-state index is 12.2. The predicted octanol–water partition coefficient (Wildman–Crippen LogP) is 2.66. The minimum absolute atomic E-state index is 0.0256. The van der Waals surface area contributed by atoms with Crippen molar-refractivity contribution in [2.45, 2.75) is 25.7 Å². The number of aryl methyl sites for hydroxylation is 3. The third-order valence-electron chi connectivity index (χ3n) is 4.12. The van der Waals surface area contributed by atoms with Crippen molar-refractivity contribution in [3.05, 3.63) is 58.7 Å². The lowest BCUT2D eigenvalue weighted by molar-refractivity contribution is -0.119. The Kier molecular flexibility index (Phi) is 6.58. The molecule has 2 aromatic rings. The molecule has 1 N–H and O–H groups in total. The van der Waals surface area contributed by atoms with Gasteiger partial charge in [-0.05, 0) is 50.1 Å². The number of benzene rings is 2. The first-order valence-corrected chi connectivity index (χ1v) is 10.0. The van der Waals surface area contributed by atoms with Gasteiger partial charge in [0.15, 0.2) is 6.61 Å². The Labute approximate surface area is 165 Å². The molecule has 0 radical (unpaired) electrons. The van der Waals surface area contributed by atoms with Crippen LogP contribution in [0.3, 0.4) is 0 Å². The van der Waals surface area contributed by atoms with Crippen molar-refractivity contribution in [3.8, 4) is 0 Å². The molecule has 8 heteroatoms. The van der Waals surface area contributed by atoms with Gasteiger partial charge in [0, 0.05) is 19.8 Å². The highest BCUT2D eigenvalue weighted by Gasteiger charge is 2.19. The van der Waals surface area contributed by atoms with Crippen molar-refractivity contribution in [2.24, 2.45) is 0 Å². The zero-order valence-corrected chi connectivity index (χ0v) is 17.4. The summed E-state index contributed by atoms with van der Waals surface area (Å²) in [5, 5.41) is 2.74. The van der Waals surface area contributed by atoms with E-state index >= 15 is 0 Å². The molecule has 0 saturated carbocycles. The van der Waals surface area contributed by atoms with Crippen molar-refractivity contribution < 1.29 is 22.7 Å². The Morgan fingerprint density at radius 3 is 2.21 bits per heavy atom. The van der Waals surface area contributed by atoms with Crippen LogP contribution in [-0.2, 0) is 19.6 Å². The van der Waals surface area contributed by atoms with Crippen molar-refractivity contribution in [1.29, 1.82) is 0 Å². The lowest BCUT2D eigenvalue weighted by Gasteiger charge is -2.13. The first kappa shape index (κ1) is 21.6. The molecule has 0 saturated heterocycles.